The van der Waals surface area contributed by atoms with Crippen molar-refractivity contribution in [2.75, 3.05) is 0 Å². The molecule has 2 radical (unpaired) electrons. The second-order valence-electron chi connectivity index (χ2n) is 24.0. The molecule has 0 aliphatic heterocycles. The van der Waals surface area contributed by atoms with Gasteiger partial charge < -0.3 is 8.83 Å². The van der Waals surface area contributed by atoms with E-state index in [9.17, 15) is 0 Å². The Balaban J connectivity index is 0.000000186. The fourth-order valence-corrected chi connectivity index (χ4v) is 10.2. The number of hydrogen-bond donors (Lipinski definition) is 0. The normalized spacial score (nSPS) is 13.5. The first-order valence-electron chi connectivity index (χ1n) is 25.4. The average Bonchev–Trinajstić information content (AvgIpc) is 4.14. The van der Waals surface area contributed by atoms with Crippen LogP contribution in [-0.4, -0.2) is 9.52 Å². The van der Waals surface area contributed by atoms with E-state index in [1.54, 1.807) is 11.1 Å². The molecule has 6 aromatic carbocycles. The van der Waals surface area contributed by atoms with Crippen LogP contribution in [0.3, 0.4) is 0 Å². The standard InChI is InChI=1S/2C31H35O.C2H6Si.2ClH.Zr/c2*1-19-11-12-28(32-19)22-14-21-13-20-9-8-10-26(20)29(27(21)17-22)23-15-24(30(2,3)4)18-25(16-23)31(5,6)7;1-3-2;;;/h2*11-18H,8-10H2,1-7H3;1-2H3;2*1H;/q2*-1;;;;+4/p-2. The van der Waals surface area contributed by atoms with Gasteiger partial charge in [-0.3, -0.25) is 0 Å². The Morgan fingerprint density at radius 3 is 1.06 bits per heavy atom. The summed E-state index contributed by atoms with van der Waals surface area (Å²) in [6.45, 7) is 36.2. The van der Waals surface area contributed by atoms with E-state index in [-0.39, 0.29) is 21.7 Å². The molecule has 366 valence electrons. The van der Waals surface area contributed by atoms with Crippen molar-refractivity contribution in [3.05, 3.63) is 153 Å². The molecular formula is C64H76Cl2O2SiZr. The monoisotopic (exact) mass is 1060 g/mol. The van der Waals surface area contributed by atoms with Gasteiger partial charge in [-0.25, -0.2) is 0 Å². The van der Waals surface area contributed by atoms with Gasteiger partial charge in [0.15, 0.2) is 0 Å². The van der Waals surface area contributed by atoms with Crippen molar-refractivity contribution in [3.8, 4) is 44.9 Å². The van der Waals surface area contributed by atoms with Gasteiger partial charge in [-0.15, -0.1) is 57.9 Å². The molecule has 6 heteroatoms. The SMILES string of the molecule is C[Si]C.Cc1ccc(-c2cc3c(-c4cc(C(C)(C)C)cc(C(C)(C)C)c4)c4c(cc3[cH-]2)CCC4)o1.Cc1ccc(-c2cc3c(-c4cc(C(C)(C)C)cc(C(C)(C)C)c4)c4c(cc3[cH-]2)CCC4)o1.[Cl][Zr+2][Cl]. The zero-order valence-corrected chi connectivity index (χ0v) is 50.0. The number of rotatable bonds is 4. The van der Waals surface area contributed by atoms with Crippen molar-refractivity contribution >= 4 is 48.1 Å². The van der Waals surface area contributed by atoms with E-state index >= 15 is 0 Å². The molecule has 2 aliphatic carbocycles. The summed E-state index contributed by atoms with van der Waals surface area (Å²) < 4.78 is 11.9. The van der Waals surface area contributed by atoms with Crippen molar-refractivity contribution in [3.63, 3.8) is 0 Å². The summed E-state index contributed by atoms with van der Waals surface area (Å²) in [6, 6.07) is 37.1. The zero-order valence-electron chi connectivity index (χ0n) is 45.1. The van der Waals surface area contributed by atoms with Gasteiger partial charge in [0.05, 0.1) is 23.0 Å². The molecule has 0 amide bonds. The van der Waals surface area contributed by atoms with Gasteiger partial charge in [0.2, 0.25) is 0 Å². The number of furan rings is 2. The summed E-state index contributed by atoms with van der Waals surface area (Å²) in [5.41, 5.74) is 20.2. The van der Waals surface area contributed by atoms with Crippen LogP contribution in [0.1, 0.15) is 152 Å². The molecule has 0 atom stereocenters. The number of hydrogen-bond acceptors (Lipinski definition) is 2. The topological polar surface area (TPSA) is 26.3 Å². The molecule has 2 heterocycles. The first-order valence-corrected chi connectivity index (χ1v) is 33.7. The third-order valence-electron chi connectivity index (χ3n) is 14.1. The van der Waals surface area contributed by atoms with Crippen LogP contribution in [0.4, 0.5) is 0 Å². The molecule has 0 bridgehead atoms. The maximum atomic E-state index is 5.97. The Hall–Kier alpha value is -3.66. The van der Waals surface area contributed by atoms with Crippen molar-refractivity contribution in [1.29, 1.82) is 0 Å². The van der Waals surface area contributed by atoms with Gasteiger partial charge in [-0.2, -0.15) is 0 Å². The second kappa shape index (κ2) is 21.4. The first kappa shape index (κ1) is 54.1. The van der Waals surface area contributed by atoms with Gasteiger partial charge in [0.1, 0.15) is 0 Å². The van der Waals surface area contributed by atoms with Crippen LogP contribution in [-0.2, 0) is 68.2 Å². The van der Waals surface area contributed by atoms with E-state index in [2.05, 4.69) is 193 Å². The molecule has 70 heavy (non-hydrogen) atoms. The third-order valence-corrected chi connectivity index (χ3v) is 14.1. The van der Waals surface area contributed by atoms with Gasteiger partial charge >= 0.3 is 37.9 Å². The van der Waals surface area contributed by atoms with Crippen LogP contribution < -0.4 is 0 Å². The average molecular weight is 1070 g/mol. The Kier molecular flexibility index (Phi) is 16.6. The Morgan fingerprint density at radius 1 is 0.471 bits per heavy atom. The summed E-state index contributed by atoms with van der Waals surface area (Å²) in [6.07, 6.45) is 7.22. The van der Waals surface area contributed by atoms with Crippen molar-refractivity contribution in [1.82, 2.24) is 0 Å². The van der Waals surface area contributed by atoms with Crippen molar-refractivity contribution < 1.29 is 29.7 Å². The fourth-order valence-electron chi connectivity index (χ4n) is 10.2. The minimum absolute atomic E-state index is 0.107. The van der Waals surface area contributed by atoms with Crippen molar-refractivity contribution in [2.24, 2.45) is 0 Å². The van der Waals surface area contributed by atoms with Gasteiger partial charge in [0, 0.05) is 9.52 Å². The molecule has 0 spiro atoms. The predicted octanol–water partition coefficient (Wildman–Crippen LogP) is 19.9. The van der Waals surface area contributed by atoms with Gasteiger partial charge in [-0.1, -0.05) is 166 Å². The molecule has 2 aromatic heterocycles. The fraction of sp³-hybridized carbons (Fsp3) is 0.406. The summed E-state index contributed by atoms with van der Waals surface area (Å²) in [5.74, 6) is 3.84. The van der Waals surface area contributed by atoms with Crippen LogP contribution >= 0.6 is 17.0 Å². The Labute approximate surface area is 442 Å². The van der Waals surface area contributed by atoms with Gasteiger partial charge in [0.25, 0.3) is 0 Å². The summed E-state index contributed by atoms with van der Waals surface area (Å²) in [4.78, 5) is 0. The minimum atomic E-state index is -0.826. The number of fused-ring (bicyclic) bond motifs is 4. The molecular weight excluding hydrogens is 991 g/mol. The first-order chi connectivity index (χ1) is 32.8. The Morgan fingerprint density at radius 2 is 0.786 bits per heavy atom. The summed E-state index contributed by atoms with van der Waals surface area (Å²) in [5, 5.41) is 5.40. The molecule has 2 aliphatic rings. The van der Waals surface area contributed by atoms with E-state index in [1.165, 1.54) is 127 Å². The molecule has 8 aromatic rings. The van der Waals surface area contributed by atoms with E-state index in [0.717, 1.165) is 32.6 Å². The van der Waals surface area contributed by atoms with Crippen LogP contribution in [0.25, 0.3) is 66.4 Å². The maximum absolute atomic E-state index is 5.97. The third kappa shape index (κ3) is 12.1. The molecule has 0 N–H and O–H groups in total. The predicted molar refractivity (Wildman–Crippen MR) is 303 cm³/mol. The zero-order chi connectivity index (χ0) is 51.1. The molecule has 0 fully saturated rings. The van der Waals surface area contributed by atoms with Crippen LogP contribution in [0.15, 0.2) is 106 Å². The van der Waals surface area contributed by atoms with Crippen LogP contribution in [0, 0.1) is 13.8 Å². The van der Waals surface area contributed by atoms with E-state index in [1.807, 2.05) is 13.8 Å². The molecule has 10 rings (SSSR count). The van der Waals surface area contributed by atoms with Gasteiger partial charge in [-0.05, 0) is 143 Å². The van der Waals surface area contributed by atoms with Crippen molar-refractivity contribution in [2.45, 2.75) is 170 Å². The quantitative estimate of drug-likeness (QED) is 0.130. The molecule has 0 saturated heterocycles. The van der Waals surface area contributed by atoms with Crippen LogP contribution in [0.5, 0.6) is 0 Å². The molecule has 2 nitrogen and oxygen atoms in total. The Bertz CT molecular complexity index is 2830. The number of halogens is 2. The summed E-state index contributed by atoms with van der Waals surface area (Å²) >= 11 is -0.826. The van der Waals surface area contributed by atoms with E-state index in [0.29, 0.717) is 0 Å². The molecule has 0 saturated carbocycles. The van der Waals surface area contributed by atoms with Crippen LogP contribution in [0.2, 0.25) is 13.1 Å². The second-order valence-corrected chi connectivity index (χ2v) is 28.7. The summed E-state index contributed by atoms with van der Waals surface area (Å²) in [7, 11) is 11.0. The van der Waals surface area contributed by atoms with E-state index < -0.39 is 20.8 Å². The number of benzene rings is 4. The number of aryl methyl sites for hydroxylation is 4. The molecule has 0 unspecified atom stereocenters. The van der Waals surface area contributed by atoms with E-state index in [4.69, 9.17) is 25.9 Å².